The van der Waals surface area contributed by atoms with E-state index in [4.69, 9.17) is 11.6 Å². The number of anilines is 1. The second-order valence-corrected chi connectivity index (χ2v) is 7.16. The molecule has 140 valence electrons. The summed E-state index contributed by atoms with van der Waals surface area (Å²) >= 11 is 6.03. The van der Waals surface area contributed by atoms with Gasteiger partial charge in [0.1, 0.15) is 5.82 Å². The first kappa shape index (κ1) is 17.9. The van der Waals surface area contributed by atoms with Crippen LogP contribution >= 0.6 is 11.6 Å². The van der Waals surface area contributed by atoms with Gasteiger partial charge >= 0.3 is 0 Å². The molecular weight excluding hydrogens is 364 g/mol. The molecule has 1 fully saturated rings. The first-order valence-electron chi connectivity index (χ1n) is 9.08. The molecule has 1 aliphatic rings. The van der Waals surface area contributed by atoms with Crippen molar-refractivity contribution in [3.63, 3.8) is 0 Å². The highest BCUT2D eigenvalue weighted by Crippen LogP contribution is 2.28. The zero-order valence-electron chi connectivity index (χ0n) is 15.0. The Balaban J connectivity index is 1.38. The number of amides is 1. The van der Waals surface area contributed by atoms with Crippen molar-refractivity contribution in [2.24, 2.45) is 0 Å². The smallest absolute Gasteiger partial charge is 0.241 e. The summed E-state index contributed by atoms with van der Waals surface area (Å²) < 4.78 is 2.06. The molecule has 0 aliphatic carbocycles. The molecule has 0 spiro atoms. The lowest BCUT2D eigenvalue weighted by Gasteiger charge is -2.34. The molecule has 3 aromatic heterocycles. The van der Waals surface area contributed by atoms with Gasteiger partial charge in [-0.25, -0.2) is 4.98 Å². The van der Waals surface area contributed by atoms with E-state index in [1.807, 2.05) is 31.3 Å². The van der Waals surface area contributed by atoms with E-state index in [-0.39, 0.29) is 11.9 Å². The summed E-state index contributed by atoms with van der Waals surface area (Å²) in [5, 5.41) is 11.8. The summed E-state index contributed by atoms with van der Waals surface area (Å²) in [6, 6.07) is 9.18. The number of likely N-dealkylation sites (tertiary alicyclic amines) is 1. The van der Waals surface area contributed by atoms with E-state index in [0.29, 0.717) is 16.8 Å². The topological polar surface area (TPSA) is 75.4 Å². The number of fused-ring (bicyclic) bond motifs is 1. The van der Waals surface area contributed by atoms with Crippen molar-refractivity contribution in [2.45, 2.75) is 31.7 Å². The summed E-state index contributed by atoms with van der Waals surface area (Å²) in [7, 11) is 0. The Hall–Kier alpha value is -2.51. The molecule has 1 atom stereocenters. The highest BCUT2D eigenvalue weighted by Gasteiger charge is 2.29. The molecule has 7 nitrogen and oxygen atoms in total. The second-order valence-electron chi connectivity index (χ2n) is 6.80. The molecule has 0 saturated carbocycles. The molecule has 3 aromatic rings. The number of nitrogens with zero attached hydrogens (tertiary/aromatic N) is 5. The summed E-state index contributed by atoms with van der Waals surface area (Å²) in [6.07, 6.45) is 5.49. The molecule has 4 heterocycles. The highest BCUT2D eigenvalue weighted by molar-refractivity contribution is 6.32. The van der Waals surface area contributed by atoms with E-state index in [2.05, 4.69) is 29.8 Å². The van der Waals surface area contributed by atoms with Crippen molar-refractivity contribution in [2.75, 3.05) is 18.4 Å². The van der Waals surface area contributed by atoms with Crippen LogP contribution in [0, 0.1) is 0 Å². The number of piperidine rings is 1. The van der Waals surface area contributed by atoms with E-state index in [1.54, 1.807) is 18.3 Å². The van der Waals surface area contributed by atoms with Crippen molar-refractivity contribution in [1.29, 1.82) is 0 Å². The molecule has 27 heavy (non-hydrogen) atoms. The summed E-state index contributed by atoms with van der Waals surface area (Å²) in [4.78, 5) is 18.8. The van der Waals surface area contributed by atoms with Crippen LogP contribution in [0.2, 0.25) is 5.15 Å². The van der Waals surface area contributed by atoms with Crippen molar-refractivity contribution in [3.05, 3.63) is 53.7 Å². The zero-order chi connectivity index (χ0) is 18.8. The Morgan fingerprint density at radius 3 is 2.81 bits per heavy atom. The number of hydrogen-bond acceptors (Lipinski definition) is 5. The van der Waals surface area contributed by atoms with Crippen LogP contribution in [0.3, 0.4) is 0 Å². The van der Waals surface area contributed by atoms with E-state index >= 15 is 0 Å². The van der Waals surface area contributed by atoms with E-state index in [1.165, 1.54) is 0 Å². The maximum absolute atomic E-state index is 12.6. The van der Waals surface area contributed by atoms with E-state index in [0.717, 1.165) is 37.4 Å². The fourth-order valence-corrected chi connectivity index (χ4v) is 3.73. The normalized spacial score (nSPS) is 17.1. The first-order chi connectivity index (χ1) is 13.1. The maximum atomic E-state index is 12.6. The molecule has 0 radical (unpaired) electrons. The Labute approximate surface area is 162 Å². The van der Waals surface area contributed by atoms with Crippen LogP contribution in [-0.4, -0.2) is 49.5 Å². The van der Waals surface area contributed by atoms with Gasteiger partial charge in [-0.3, -0.25) is 14.1 Å². The molecule has 0 unspecified atom stereocenters. The predicted molar refractivity (Wildman–Crippen MR) is 104 cm³/mol. The van der Waals surface area contributed by atoms with Gasteiger partial charge in [-0.2, -0.15) is 0 Å². The minimum absolute atomic E-state index is 0.0729. The van der Waals surface area contributed by atoms with Gasteiger partial charge in [-0.15, -0.1) is 10.2 Å². The average molecular weight is 385 g/mol. The average Bonchev–Trinajstić information content (AvgIpc) is 3.13. The van der Waals surface area contributed by atoms with Crippen molar-refractivity contribution < 1.29 is 4.79 Å². The second kappa shape index (κ2) is 7.62. The minimum Gasteiger partial charge on any atom is -0.322 e. The number of rotatable bonds is 4. The zero-order valence-corrected chi connectivity index (χ0v) is 15.8. The Kier molecular flexibility index (Phi) is 5.05. The number of hydrogen-bond donors (Lipinski definition) is 1. The summed E-state index contributed by atoms with van der Waals surface area (Å²) in [6.45, 7) is 3.59. The SMILES string of the molecule is C[C@@H](C(=O)Nc1cccnc1Cl)N1CCC(c2nnc3ccccn23)CC1. The van der Waals surface area contributed by atoms with Gasteiger partial charge in [-0.05, 0) is 57.1 Å². The minimum atomic E-state index is -0.239. The van der Waals surface area contributed by atoms with E-state index < -0.39 is 0 Å². The lowest BCUT2D eigenvalue weighted by Crippen LogP contribution is -2.46. The van der Waals surface area contributed by atoms with Gasteiger partial charge in [-0.1, -0.05) is 17.7 Å². The number of pyridine rings is 2. The Morgan fingerprint density at radius 1 is 1.22 bits per heavy atom. The lowest BCUT2D eigenvalue weighted by atomic mass is 9.95. The number of aromatic nitrogens is 4. The Bertz CT molecular complexity index is 950. The van der Waals surface area contributed by atoms with Crippen LogP contribution in [0.15, 0.2) is 42.7 Å². The number of carbonyl (C=O) groups is 1. The molecule has 1 amide bonds. The van der Waals surface area contributed by atoms with Crippen LogP contribution < -0.4 is 5.32 Å². The molecular formula is C19H21ClN6O. The first-order valence-corrected chi connectivity index (χ1v) is 9.46. The number of carbonyl (C=O) groups excluding carboxylic acids is 1. The van der Waals surface area contributed by atoms with Crippen LogP contribution in [0.1, 0.15) is 31.5 Å². The molecule has 8 heteroatoms. The summed E-state index contributed by atoms with van der Waals surface area (Å²) in [5.74, 6) is 1.28. The fraction of sp³-hybridized carbons (Fsp3) is 0.368. The Morgan fingerprint density at radius 2 is 2.04 bits per heavy atom. The van der Waals surface area contributed by atoms with Gasteiger partial charge in [0.2, 0.25) is 5.91 Å². The lowest BCUT2D eigenvalue weighted by molar-refractivity contribution is -0.121. The van der Waals surface area contributed by atoms with Gasteiger partial charge in [0.15, 0.2) is 10.8 Å². The van der Waals surface area contributed by atoms with Gasteiger partial charge < -0.3 is 5.32 Å². The van der Waals surface area contributed by atoms with Crippen molar-refractivity contribution >= 4 is 28.8 Å². The third kappa shape index (κ3) is 3.65. The third-order valence-corrected chi connectivity index (χ3v) is 5.48. The fourth-order valence-electron chi connectivity index (χ4n) is 3.57. The highest BCUT2D eigenvalue weighted by atomic mass is 35.5. The monoisotopic (exact) mass is 384 g/mol. The van der Waals surface area contributed by atoms with Gasteiger partial charge in [0.05, 0.1) is 11.7 Å². The van der Waals surface area contributed by atoms with Crippen molar-refractivity contribution in [3.8, 4) is 0 Å². The van der Waals surface area contributed by atoms with Crippen LogP contribution in [0.25, 0.3) is 5.65 Å². The molecule has 0 bridgehead atoms. The van der Waals surface area contributed by atoms with Crippen molar-refractivity contribution in [1.82, 2.24) is 24.5 Å². The molecule has 4 rings (SSSR count). The standard InChI is InChI=1S/C19H21ClN6O/c1-13(19(27)22-15-5-4-9-21-17(15)20)25-11-7-14(8-12-25)18-24-23-16-6-2-3-10-26(16)18/h2-6,9-10,13-14H,7-8,11-12H2,1H3,(H,22,27)/t13-/m0/s1. The number of nitrogens with one attached hydrogen (secondary N) is 1. The largest absolute Gasteiger partial charge is 0.322 e. The summed E-state index contributed by atoms with van der Waals surface area (Å²) in [5.41, 5.74) is 1.41. The number of halogens is 1. The van der Waals surface area contributed by atoms with Gasteiger partial charge in [0.25, 0.3) is 0 Å². The van der Waals surface area contributed by atoms with Crippen LogP contribution in [-0.2, 0) is 4.79 Å². The molecule has 1 aliphatic heterocycles. The van der Waals surface area contributed by atoms with Crippen LogP contribution in [0.5, 0.6) is 0 Å². The van der Waals surface area contributed by atoms with Gasteiger partial charge in [0, 0.05) is 18.3 Å². The van der Waals surface area contributed by atoms with E-state index in [9.17, 15) is 4.79 Å². The predicted octanol–water partition coefficient (Wildman–Crippen LogP) is 2.98. The molecule has 1 saturated heterocycles. The third-order valence-electron chi connectivity index (χ3n) is 5.18. The molecule has 0 aromatic carbocycles. The molecule has 1 N–H and O–H groups in total. The maximum Gasteiger partial charge on any atom is 0.241 e. The van der Waals surface area contributed by atoms with Crippen LogP contribution in [0.4, 0.5) is 5.69 Å². The quantitative estimate of drug-likeness (QED) is 0.700.